The number of benzene rings is 1. The number of rotatable bonds is 11. The second-order valence-corrected chi connectivity index (χ2v) is 6.96. The summed E-state index contributed by atoms with van der Waals surface area (Å²) in [6, 6.07) is 5.84. The van der Waals surface area contributed by atoms with E-state index in [9.17, 15) is 19.2 Å². The molecule has 148 valence electrons. The van der Waals surface area contributed by atoms with Crippen molar-refractivity contribution >= 4 is 46.3 Å². The lowest BCUT2D eigenvalue weighted by Gasteiger charge is -2.14. The fraction of sp³-hybridized carbons (Fsp3) is 0.412. The molecule has 1 aromatic carbocycles. The van der Waals surface area contributed by atoms with Crippen LogP contribution in [0.4, 0.5) is 0 Å². The van der Waals surface area contributed by atoms with E-state index < -0.39 is 29.7 Å². The Morgan fingerprint density at radius 2 is 1.78 bits per heavy atom. The smallest absolute Gasteiger partial charge is 0.326 e. The Hall–Kier alpha value is -2.21. The van der Waals surface area contributed by atoms with Gasteiger partial charge in [0, 0.05) is 9.13 Å². The predicted molar refractivity (Wildman–Crippen MR) is 107 cm³/mol. The second-order valence-electron chi connectivity index (χ2n) is 5.71. The first-order chi connectivity index (χ1) is 12.8. The Bertz CT molecular complexity index is 683. The van der Waals surface area contributed by atoms with Crippen LogP contribution in [-0.2, 0) is 14.4 Å². The Kier molecular flexibility index (Phi) is 10.3. The molecule has 10 heteroatoms. The number of nitrogens with two attached hydrogens (primary N) is 1. The SMILES string of the molecule is NCCCC[C@H](NC(=O)CNC(=O)CNC(=O)c1cccc(I)c1)C(=O)O. The summed E-state index contributed by atoms with van der Waals surface area (Å²) in [6.45, 7) is -0.223. The van der Waals surface area contributed by atoms with Gasteiger partial charge in [0.1, 0.15) is 6.04 Å². The quantitative estimate of drug-likeness (QED) is 0.215. The van der Waals surface area contributed by atoms with Crippen LogP contribution in [0.1, 0.15) is 29.6 Å². The normalized spacial score (nSPS) is 11.3. The topological polar surface area (TPSA) is 151 Å². The molecule has 0 aliphatic carbocycles. The Morgan fingerprint density at radius 1 is 1.07 bits per heavy atom. The van der Waals surface area contributed by atoms with Crippen LogP contribution in [0.25, 0.3) is 0 Å². The first kappa shape index (κ1) is 22.8. The van der Waals surface area contributed by atoms with Crippen molar-refractivity contribution in [3.05, 3.63) is 33.4 Å². The minimum absolute atomic E-state index is 0.262. The fourth-order valence-electron chi connectivity index (χ4n) is 2.13. The molecule has 9 nitrogen and oxygen atoms in total. The number of amides is 3. The minimum atomic E-state index is -1.14. The van der Waals surface area contributed by atoms with E-state index in [1.807, 2.05) is 6.07 Å². The van der Waals surface area contributed by atoms with Crippen LogP contribution in [0.5, 0.6) is 0 Å². The Morgan fingerprint density at radius 3 is 2.41 bits per heavy atom. The monoisotopic (exact) mass is 490 g/mol. The van der Waals surface area contributed by atoms with Crippen LogP contribution in [-0.4, -0.2) is 54.5 Å². The number of hydrogen-bond donors (Lipinski definition) is 5. The third-order valence-corrected chi connectivity index (χ3v) is 4.19. The predicted octanol–water partition coefficient (Wildman–Crippen LogP) is -0.164. The minimum Gasteiger partial charge on any atom is -0.480 e. The summed E-state index contributed by atoms with van der Waals surface area (Å²) in [4.78, 5) is 46.6. The molecule has 0 radical (unpaired) electrons. The van der Waals surface area contributed by atoms with Crippen LogP contribution >= 0.6 is 22.6 Å². The summed E-state index contributed by atoms with van der Waals surface area (Å²) in [6.07, 6.45) is 1.50. The first-order valence-corrected chi connectivity index (χ1v) is 9.44. The van der Waals surface area contributed by atoms with Crippen molar-refractivity contribution in [3.63, 3.8) is 0 Å². The molecular formula is C17H23IN4O5. The van der Waals surface area contributed by atoms with Gasteiger partial charge in [-0.3, -0.25) is 14.4 Å². The zero-order chi connectivity index (χ0) is 20.2. The molecule has 0 spiro atoms. The number of hydrogen-bond acceptors (Lipinski definition) is 5. The summed E-state index contributed by atoms with van der Waals surface area (Å²) in [5, 5.41) is 16.2. The largest absolute Gasteiger partial charge is 0.480 e. The third-order valence-electron chi connectivity index (χ3n) is 3.52. The van der Waals surface area contributed by atoms with Gasteiger partial charge >= 0.3 is 5.97 Å². The summed E-state index contributed by atoms with van der Waals surface area (Å²) in [5.74, 6) is -2.72. The number of carbonyl (C=O) groups is 4. The van der Waals surface area contributed by atoms with Gasteiger partial charge in [-0.2, -0.15) is 0 Å². The number of unbranched alkanes of at least 4 members (excludes halogenated alkanes) is 1. The van der Waals surface area contributed by atoms with E-state index in [2.05, 4.69) is 38.5 Å². The van der Waals surface area contributed by atoms with Crippen molar-refractivity contribution < 1.29 is 24.3 Å². The van der Waals surface area contributed by atoms with E-state index in [1.54, 1.807) is 18.2 Å². The van der Waals surface area contributed by atoms with E-state index in [-0.39, 0.29) is 19.5 Å². The number of carboxylic acid groups (broad SMARTS) is 1. The highest BCUT2D eigenvalue weighted by Gasteiger charge is 2.19. The molecule has 1 rings (SSSR count). The summed E-state index contributed by atoms with van der Waals surface area (Å²) in [5.41, 5.74) is 5.78. The molecule has 0 unspecified atom stereocenters. The molecule has 0 aliphatic heterocycles. The van der Waals surface area contributed by atoms with Crippen molar-refractivity contribution in [2.75, 3.05) is 19.6 Å². The molecule has 1 aromatic rings. The van der Waals surface area contributed by atoms with E-state index in [4.69, 9.17) is 10.8 Å². The summed E-state index contributed by atoms with van der Waals surface area (Å²) < 4.78 is 0.890. The van der Waals surface area contributed by atoms with Crippen molar-refractivity contribution in [3.8, 4) is 0 Å². The van der Waals surface area contributed by atoms with Crippen LogP contribution in [0.15, 0.2) is 24.3 Å². The maximum atomic E-state index is 11.9. The average molecular weight is 490 g/mol. The van der Waals surface area contributed by atoms with Crippen LogP contribution in [0, 0.1) is 3.57 Å². The Balaban J connectivity index is 2.34. The summed E-state index contributed by atoms with van der Waals surface area (Å²) in [7, 11) is 0. The maximum absolute atomic E-state index is 11.9. The van der Waals surface area contributed by atoms with Gasteiger partial charge in [-0.25, -0.2) is 4.79 Å². The molecule has 6 N–H and O–H groups in total. The number of halogens is 1. The van der Waals surface area contributed by atoms with Gasteiger partial charge in [0.25, 0.3) is 5.91 Å². The number of carboxylic acids is 1. The second kappa shape index (κ2) is 12.2. The highest BCUT2D eigenvalue weighted by Crippen LogP contribution is 2.07. The molecule has 0 aliphatic rings. The molecule has 0 saturated carbocycles. The average Bonchev–Trinajstić information content (AvgIpc) is 2.63. The maximum Gasteiger partial charge on any atom is 0.326 e. The molecule has 0 saturated heterocycles. The molecular weight excluding hydrogens is 467 g/mol. The van der Waals surface area contributed by atoms with Crippen LogP contribution < -0.4 is 21.7 Å². The molecule has 3 amide bonds. The standard InChI is InChI=1S/C17H23IN4O5/c18-12-5-3-4-11(8-12)16(25)21-9-14(23)20-10-15(24)22-13(17(26)27)6-1-2-7-19/h3-5,8,13H,1-2,6-7,9-10,19H2,(H,20,23)(H,21,25)(H,22,24)(H,26,27)/t13-/m0/s1. The highest BCUT2D eigenvalue weighted by molar-refractivity contribution is 14.1. The van der Waals surface area contributed by atoms with E-state index in [1.165, 1.54) is 0 Å². The molecule has 1 atom stereocenters. The van der Waals surface area contributed by atoms with Gasteiger partial charge in [0.15, 0.2) is 0 Å². The molecule has 27 heavy (non-hydrogen) atoms. The lowest BCUT2D eigenvalue weighted by atomic mass is 10.1. The van der Waals surface area contributed by atoms with Gasteiger partial charge in [0.05, 0.1) is 13.1 Å². The van der Waals surface area contributed by atoms with Crippen molar-refractivity contribution in [2.45, 2.75) is 25.3 Å². The van der Waals surface area contributed by atoms with Gasteiger partial charge in [0.2, 0.25) is 11.8 Å². The zero-order valence-electron chi connectivity index (χ0n) is 14.7. The lowest BCUT2D eigenvalue weighted by Crippen LogP contribution is -2.47. The molecule has 0 heterocycles. The third kappa shape index (κ3) is 9.33. The lowest BCUT2D eigenvalue weighted by molar-refractivity contribution is -0.142. The molecule has 0 bridgehead atoms. The van der Waals surface area contributed by atoms with E-state index in [0.29, 0.717) is 24.9 Å². The van der Waals surface area contributed by atoms with Gasteiger partial charge in [-0.1, -0.05) is 6.07 Å². The van der Waals surface area contributed by atoms with Crippen molar-refractivity contribution in [1.29, 1.82) is 0 Å². The van der Waals surface area contributed by atoms with Crippen LogP contribution in [0.2, 0.25) is 0 Å². The van der Waals surface area contributed by atoms with Crippen molar-refractivity contribution in [2.24, 2.45) is 5.73 Å². The number of nitrogens with one attached hydrogen (secondary N) is 3. The zero-order valence-corrected chi connectivity index (χ0v) is 16.8. The van der Waals surface area contributed by atoms with Crippen molar-refractivity contribution in [1.82, 2.24) is 16.0 Å². The number of carbonyl (C=O) groups excluding carboxylic acids is 3. The summed E-state index contributed by atoms with van der Waals surface area (Å²) >= 11 is 2.07. The highest BCUT2D eigenvalue weighted by atomic mass is 127. The van der Waals surface area contributed by atoms with E-state index >= 15 is 0 Å². The van der Waals surface area contributed by atoms with E-state index in [0.717, 1.165) is 3.57 Å². The fourth-order valence-corrected chi connectivity index (χ4v) is 2.67. The van der Waals surface area contributed by atoms with Gasteiger partial charge in [-0.05, 0) is 66.6 Å². The molecule has 0 aromatic heterocycles. The Labute approximate surface area is 170 Å². The number of aliphatic carboxylic acids is 1. The van der Waals surface area contributed by atoms with Crippen LogP contribution in [0.3, 0.4) is 0 Å². The van der Waals surface area contributed by atoms with Gasteiger partial charge < -0.3 is 26.8 Å². The first-order valence-electron chi connectivity index (χ1n) is 8.36. The van der Waals surface area contributed by atoms with Gasteiger partial charge in [-0.15, -0.1) is 0 Å². The molecule has 0 fully saturated rings.